The first-order chi connectivity index (χ1) is 9.09. The van der Waals surface area contributed by atoms with Gasteiger partial charge < -0.3 is 11.1 Å². The predicted octanol–water partition coefficient (Wildman–Crippen LogP) is 0.584. The maximum absolute atomic E-state index is 12.0. The van der Waals surface area contributed by atoms with Gasteiger partial charge in [0, 0.05) is 0 Å². The van der Waals surface area contributed by atoms with E-state index in [2.05, 4.69) is 20.8 Å². The molecule has 2 aromatic rings. The van der Waals surface area contributed by atoms with E-state index in [4.69, 9.17) is 5.73 Å². The molecule has 0 aliphatic rings. The summed E-state index contributed by atoms with van der Waals surface area (Å²) in [4.78, 5) is 12.0. The average Bonchev–Trinajstić information content (AvgIpc) is 2.92. The number of nitrogens with one attached hydrogen (secondary N) is 1. The first-order valence-electron chi connectivity index (χ1n) is 5.98. The quantitative estimate of drug-likeness (QED) is 0.838. The van der Waals surface area contributed by atoms with Crippen molar-refractivity contribution in [2.45, 2.75) is 19.9 Å². The lowest BCUT2D eigenvalue weighted by atomic mass is 10.0. The van der Waals surface area contributed by atoms with Crippen molar-refractivity contribution in [1.29, 1.82) is 0 Å². The fourth-order valence-corrected chi connectivity index (χ4v) is 1.57. The van der Waals surface area contributed by atoms with Gasteiger partial charge in [0.25, 0.3) is 0 Å². The third-order valence-electron chi connectivity index (χ3n) is 2.78. The van der Waals surface area contributed by atoms with Crippen LogP contribution in [0.1, 0.15) is 13.8 Å². The second-order valence-electron chi connectivity index (χ2n) is 4.53. The Hall–Kier alpha value is -2.28. The van der Waals surface area contributed by atoms with Gasteiger partial charge in [-0.25, -0.2) is 0 Å². The second kappa shape index (κ2) is 5.57. The molecule has 7 nitrogen and oxygen atoms in total. The van der Waals surface area contributed by atoms with Crippen molar-refractivity contribution in [3.63, 3.8) is 0 Å². The fourth-order valence-electron chi connectivity index (χ4n) is 1.57. The molecule has 19 heavy (non-hydrogen) atoms. The number of carbonyl (C=O) groups is 1. The summed E-state index contributed by atoms with van der Waals surface area (Å²) in [6.45, 7) is 3.80. The number of anilines is 1. The zero-order valence-electron chi connectivity index (χ0n) is 10.8. The lowest BCUT2D eigenvalue weighted by Crippen LogP contribution is -2.39. The van der Waals surface area contributed by atoms with Crippen molar-refractivity contribution in [3.8, 4) is 5.69 Å². The molecule has 7 heteroatoms. The number of carbonyl (C=O) groups excluding carboxylic acids is 1. The molecule has 1 aromatic carbocycles. The first-order valence-corrected chi connectivity index (χ1v) is 5.98. The van der Waals surface area contributed by atoms with Gasteiger partial charge in [0.05, 0.1) is 17.4 Å². The van der Waals surface area contributed by atoms with Crippen molar-refractivity contribution >= 4 is 11.6 Å². The van der Waals surface area contributed by atoms with E-state index in [0.29, 0.717) is 11.4 Å². The largest absolute Gasteiger partial charge is 0.323 e. The Morgan fingerprint density at radius 1 is 1.37 bits per heavy atom. The maximum Gasteiger partial charge on any atom is 0.241 e. The fraction of sp³-hybridized carbons (Fsp3) is 0.333. The molecule has 1 amide bonds. The molecule has 100 valence electrons. The highest BCUT2D eigenvalue weighted by molar-refractivity contribution is 5.96. The van der Waals surface area contributed by atoms with Crippen molar-refractivity contribution in [2.24, 2.45) is 11.7 Å². The van der Waals surface area contributed by atoms with Crippen molar-refractivity contribution in [1.82, 2.24) is 20.2 Å². The van der Waals surface area contributed by atoms with Crippen LogP contribution < -0.4 is 11.1 Å². The molecular formula is C12H16N6O. The van der Waals surface area contributed by atoms with Gasteiger partial charge in [-0.3, -0.25) is 4.79 Å². The Labute approximate surface area is 110 Å². The topological polar surface area (TPSA) is 98.7 Å². The second-order valence-corrected chi connectivity index (χ2v) is 4.53. The smallest absolute Gasteiger partial charge is 0.241 e. The van der Waals surface area contributed by atoms with Crippen molar-refractivity contribution < 1.29 is 4.79 Å². The lowest BCUT2D eigenvalue weighted by Gasteiger charge is -2.16. The van der Waals surface area contributed by atoms with E-state index in [1.807, 2.05) is 32.0 Å². The Morgan fingerprint density at radius 3 is 2.74 bits per heavy atom. The van der Waals surface area contributed by atoms with E-state index in [-0.39, 0.29) is 11.8 Å². The molecule has 0 aliphatic carbocycles. The zero-order valence-corrected chi connectivity index (χ0v) is 10.8. The van der Waals surface area contributed by atoms with Gasteiger partial charge in [0.2, 0.25) is 5.91 Å². The number of nitrogens with two attached hydrogens (primary N) is 1. The van der Waals surface area contributed by atoms with Crippen LogP contribution in [-0.4, -0.2) is 32.2 Å². The standard InChI is InChI=1S/C12H16N6O/c1-8(2)11(13)12(19)15-9-5-3-4-6-10(9)18-7-14-16-17-18/h3-8,11H,13H2,1-2H3,(H,15,19)/t11-/m1/s1. The lowest BCUT2D eigenvalue weighted by molar-refractivity contribution is -0.118. The number of para-hydroxylation sites is 2. The van der Waals surface area contributed by atoms with Gasteiger partial charge in [-0.05, 0) is 28.5 Å². The van der Waals surface area contributed by atoms with Crippen LogP contribution in [0.2, 0.25) is 0 Å². The molecule has 3 N–H and O–H groups in total. The minimum Gasteiger partial charge on any atom is -0.323 e. The van der Waals surface area contributed by atoms with E-state index in [1.54, 1.807) is 6.07 Å². The van der Waals surface area contributed by atoms with Gasteiger partial charge in [-0.1, -0.05) is 26.0 Å². The Kier molecular flexibility index (Phi) is 3.86. The number of hydrogen-bond acceptors (Lipinski definition) is 5. The number of hydrogen-bond donors (Lipinski definition) is 2. The number of amides is 1. The molecule has 1 heterocycles. The summed E-state index contributed by atoms with van der Waals surface area (Å²) >= 11 is 0. The Bertz CT molecular complexity index is 551. The SMILES string of the molecule is CC(C)[C@@H](N)C(=O)Nc1ccccc1-n1cnnn1. The molecule has 0 saturated carbocycles. The molecular weight excluding hydrogens is 244 g/mol. The molecule has 1 atom stereocenters. The van der Waals surface area contributed by atoms with Crippen LogP contribution in [0.5, 0.6) is 0 Å². The summed E-state index contributed by atoms with van der Waals surface area (Å²) in [5, 5.41) is 13.8. The third kappa shape index (κ3) is 2.94. The van der Waals surface area contributed by atoms with E-state index in [9.17, 15) is 4.79 Å². The molecule has 0 saturated heterocycles. The van der Waals surface area contributed by atoms with Crippen LogP contribution >= 0.6 is 0 Å². The van der Waals surface area contributed by atoms with Crippen LogP contribution in [0.25, 0.3) is 5.69 Å². The van der Waals surface area contributed by atoms with E-state index in [0.717, 1.165) is 0 Å². The maximum atomic E-state index is 12.0. The van der Waals surface area contributed by atoms with Gasteiger partial charge in [0.15, 0.2) is 0 Å². The monoisotopic (exact) mass is 260 g/mol. The highest BCUT2D eigenvalue weighted by Crippen LogP contribution is 2.18. The summed E-state index contributed by atoms with van der Waals surface area (Å²) in [6, 6.07) is 6.70. The molecule has 0 spiro atoms. The Balaban J connectivity index is 2.24. The predicted molar refractivity (Wildman–Crippen MR) is 70.6 cm³/mol. The molecule has 0 fully saturated rings. The molecule has 2 rings (SSSR count). The van der Waals surface area contributed by atoms with Gasteiger partial charge >= 0.3 is 0 Å². The zero-order chi connectivity index (χ0) is 13.8. The minimum absolute atomic E-state index is 0.0696. The number of rotatable bonds is 4. The summed E-state index contributed by atoms with van der Waals surface area (Å²) < 4.78 is 1.48. The molecule has 0 bridgehead atoms. The third-order valence-corrected chi connectivity index (χ3v) is 2.78. The molecule has 1 aromatic heterocycles. The van der Waals surface area contributed by atoms with Crippen LogP contribution in [0.3, 0.4) is 0 Å². The van der Waals surface area contributed by atoms with Crippen molar-refractivity contribution in [3.05, 3.63) is 30.6 Å². The molecule has 0 unspecified atom stereocenters. The average molecular weight is 260 g/mol. The van der Waals surface area contributed by atoms with Gasteiger partial charge in [-0.2, -0.15) is 4.68 Å². The summed E-state index contributed by atoms with van der Waals surface area (Å²) in [6.07, 6.45) is 1.47. The number of nitrogens with zero attached hydrogens (tertiary/aromatic N) is 4. The molecule has 0 aliphatic heterocycles. The highest BCUT2D eigenvalue weighted by Gasteiger charge is 2.18. The molecule has 0 radical (unpaired) electrons. The summed E-state index contributed by atoms with van der Waals surface area (Å²) in [5.41, 5.74) is 7.13. The van der Waals surface area contributed by atoms with Crippen LogP contribution in [0.4, 0.5) is 5.69 Å². The van der Waals surface area contributed by atoms with Crippen LogP contribution in [0, 0.1) is 5.92 Å². The summed E-state index contributed by atoms with van der Waals surface area (Å²) in [7, 11) is 0. The Morgan fingerprint density at radius 2 is 2.11 bits per heavy atom. The normalized spacial score (nSPS) is 12.4. The number of aromatic nitrogens is 4. The number of benzene rings is 1. The van der Waals surface area contributed by atoms with E-state index in [1.165, 1.54) is 11.0 Å². The van der Waals surface area contributed by atoms with Gasteiger partial charge in [0.1, 0.15) is 6.33 Å². The highest BCUT2D eigenvalue weighted by atomic mass is 16.2. The van der Waals surface area contributed by atoms with E-state index >= 15 is 0 Å². The summed E-state index contributed by atoms with van der Waals surface area (Å²) in [5.74, 6) is -0.157. The van der Waals surface area contributed by atoms with Crippen LogP contribution in [0.15, 0.2) is 30.6 Å². The minimum atomic E-state index is -0.554. The van der Waals surface area contributed by atoms with E-state index < -0.39 is 6.04 Å². The number of tetrazole rings is 1. The van der Waals surface area contributed by atoms with Gasteiger partial charge in [-0.15, -0.1) is 5.10 Å². The van der Waals surface area contributed by atoms with Crippen molar-refractivity contribution in [2.75, 3.05) is 5.32 Å². The van der Waals surface area contributed by atoms with Crippen LogP contribution in [-0.2, 0) is 4.79 Å². The first kappa shape index (κ1) is 13.2.